The highest BCUT2D eigenvalue weighted by Gasteiger charge is 2.46. The van der Waals surface area contributed by atoms with Crippen LogP contribution in [0.2, 0.25) is 0 Å². The van der Waals surface area contributed by atoms with Gasteiger partial charge in [0.15, 0.2) is 0 Å². The van der Waals surface area contributed by atoms with Gasteiger partial charge in [0.1, 0.15) is 11.5 Å². The van der Waals surface area contributed by atoms with E-state index < -0.39 is 0 Å². The molecule has 0 N–H and O–H groups in total. The van der Waals surface area contributed by atoms with Gasteiger partial charge in [-0.25, -0.2) is 9.97 Å². The first-order chi connectivity index (χ1) is 12.7. The Bertz CT molecular complexity index is 710. The Balaban J connectivity index is 1.41. The van der Waals surface area contributed by atoms with Crippen molar-refractivity contribution < 1.29 is 9.15 Å². The van der Waals surface area contributed by atoms with Gasteiger partial charge in [-0.2, -0.15) is 0 Å². The number of rotatable bonds is 5. The van der Waals surface area contributed by atoms with Gasteiger partial charge in [0.25, 0.3) is 0 Å². The summed E-state index contributed by atoms with van der Waals surface area (Å²) < 4.78 is 11.2. The number of aromatic nitrogens is 2. The average Bonchev–Trinajstić information content (AvgIpc) is 3.22. The first-order valence-electron chi connectivity index (χ1n) is 9.48. The standard InChI is InChI=1S/C20H28N4O2/c1-16-4-5-18(26-16)13-23-10-6-20(7-11-23)12-17(14-25-2)24(15-20)19-21-8-3-9-22-19/h3-5,8-9,17H,6-7,10-15H2,1-2H3. The third kappa shape index (κ3) is 3.62. The van der Waals surface area contributed by atoms with Crippen molar-refractivity contribution in [2.75, 3.05) is 38.3 Å². The van der Waals surface area contributed by atoms with Crippen molar-refractivity contribution in [2.24, 2.45) is 5.41 Å². The van der Waals surface area contributed by atoms with Gasteiger partial charge in [-0.3, -0.25) is 4.90 Å². The molecule has 0 radical (unpaired) electrons. The first-order valence-corrected chi connectivity index (χ1v) is 9.48. The number of nitrogens with zero attached hydrogens (tertiary/aromatic N) is 4. The van der Waals surface area contributed by atoms with Crippen LogP contribution in [0.5, 0.6) is 0 Å². The van der Waals surface area contributed by atoms with Gasteiger partial charge in [-0.05, 0) is 62.9 Å². The molecule has 26 heavy (non-hydrogen) atoms. The van der Waals surface area contributed by atoms with Crippen LogP contribution in [0.15, 0.2) is 35.0 Å². The minimum Gasteiger partial charge on any atom is -0.465 e. The Labute approximate surface area is 155 Å². The fraction of sp³-hybridized carbons (Fsp3) is 0.600. The smallest absolute Gasteiger partial charge is 0.225 e. The van der Waals surface area contributed by atoms with Crippen LogP contribution in [0.1, 0.15) is 30.8 Å². The summed E-state index contributed by atoms with van der Waals surface area (Å²) in [6.07, 6.45) is 7.22. The number of likely N-dealkylation sites (tertiary alicyclic amines) is 1. The van der Waals surface area contributed by atoms with E-state index in [0.717, 1.165) is 56.7 Å². The molecule has 0 bridgehead atoms. The minimum absolute atomic E-state index is 0.345. The van der Waals surface area contributed by atoms with Gasteiger partial charge in [-0.15, -0.1) is 0 Å². The van der Waals surface area contributed by atoms with Crippen molar-refractivity contribution in [2.45, 2.75) is 38.8 Å². The fourth-order valence-corrected chi connectivity index (χ4v) is 4.52. The van der Waals surface area contributed by atoms with Crippen LogP contribution in [0.4, 0.5) is 5.95 Å². The molecule has 4 heterocycles. The minimum atomic E-state index is 0.345. The molecular formula is C20H28N4O2. The molecule has 2 aliphatic rings. The van der Waals surface area contributed by atoms with E-state index >= 15 is 0 Å². The molecule has 6 heteroatoms. The Morgan fingerprint density at radius 1 is 1.23 bits per heavy atom. The zero-order valence-corrected chi connectivity index (χ0v) is 15.7. The third-order valence-corrected chi connectivity index (χ3v) is 5.88. The number of anilines is 1. The maximum absolute atomic E-state index is 5.74. The summed E-state index contributed by atoms with van der Waals surface area (Å²) in [7, 11) is 1.78. The van der Waals surface area contributed by atoms with Crippen LogP contribution in [0.3, 0.4) is 0 Å². The van der Waals surface area contributed by atoms with E-state index in [0.29, 0.717) is 11.5 Å². The lowest BCUT2D eigenvalue weighted by molar-refractivity contribution is 0.100. The predicted molar refractivity (Wildman–Crippen MR) is 100 cm³/mol. The molecule has 0 aliphatic carbocycles. The number of aryl methyl sites for hydroxylation is 1. The average molecular weight is 356 g/mol. The van der Waals surface area contributed by atoms with E-state index in [1.807, 2.05) is 31.5 Å². The Morgan fingerprint density at radius 3 is 2.65 bits per heavy atom. The second-order valence-corrected chi connectivity index (χ2v) is 7.78. The van der Waals surface area contributed by atoms with Crippen LogP contribution in [0.25, 0.3) is 0 Å². The lowest BCUT2D eigenvalue weighted by Gasteiger charge is -2.39. The van der Waals surface area contributed by atoms with E-state index in [1.165, 1.54) is 12.8 Å². The SMILES string of the molecule is COCC1CC2(CCN(Cc3ccc(C)o3)CC2)CN1c1ncccn1. The summed E-state index contributed by atoms with van der Waals surface area (Å²) in [6, 6.07) is 6.38. The molecule has 140 valence electrons. The topological polar surface area (TPSA) is 54.6 Å². The summed E-state index contributed by atoms with van der Waals surface area (Å²) in [5.41, 5.74) is 0.345. The zero-order chi connectivity index (χ0) is 18.0. The third-order valence-electron chi connectivity index (χ3n) is 5.88. The number of hydrogen-bond acceptors (Lipinski definition) is 6. The maximum atomic E-state index is 5.74. The maximum Gasteiger partial charge on any atom is 0.225 e. The van der Waals surface area contributed by atoms with Crippen molar-refractivity contribution in [3.05, 3.63) is 42.1 Å². The van der Waals surface area contributed by atoms with Crippen molar-refractivity contribution >= 4 is 5.95 Å². The van der Waals surface area contributed by atoms with Gasteiger partial charge in [0, 0.05) is 26.0 Å². The molecule has 2 aliphatic heterocycles. The summed E-state index contributed by atoms with van der Waals surface area (Å²) in [5, 5.41) is 0. The highest BCUT2D eigenvalue weighted by atomic mass is 16.5. The van der Waals surface area contributed by atoms with Crippen molar-refractivity contribution in [1.82, 2.24) is 14.9 Å². The van der Waals surface area contributed by atoms with Crippen molar-refractivity contribution in [3.8, 4) is 0 Å². The highest BCUT2D eigenvalue weighted by Crippen LogP contribution is 2.44. The molecule has 2 aromatic rings. The van der Waals surface area contributed by atoms with Crippen molar-refractivity contribution in [1.29, 1.82) is 0 Å². The molecule has 6 nitrogen and oxygen atoms in total. The van der Waals surface area contributed by atoms with E-state index in [1.54, 1.807) is 7.11 Å². The van der Waals surface area contributed by atoms with Crippen LogP contribution >= 0.6 is 0 Å². The Hall–Kier alpha value is -1.92. The highest BCUT2D eigenvalue weighted by molar-refractivity contribution is 5.35. The molecule has 0 aromatic carbocycles. The van der Waals surface area contributed by atoms with Crippen molar-refractivity contribution in [3.63, 3.8) is 0 Å². The normalized spacial score (nSPS) is 23.0. The monoisotopic (exact) mass is 356 g/mol. The summed E-state index contributed by atoms with van der Waals surface area (Å²) >= 11 is 0. The first kappa shape index (κ1) is 17.5. The Kier molecular flexibility index (Phi) is 4.96. The predicted octanol–water partition coefficient (Wildman–Crippen LogP) is 2.89. The molecule has 2 fully saturated rings. The van der Waals surface area contributed by atoms with Crippen LogP contribution in [-0.4, -0.2) is 54.3 Å². The zero-order valence-electron chi connectivity index (χ0n) is 15.7. The van der Waals surface area contributed by atoms with E-state index in [9.17, 15) is 0 Å². The number of methoxy groups -OCH3 is 1. The van der Waals surface area contributed by atoms with E-state index in [-0.39, 0.29) is 0 Å². The summed E-state index contributed by atoms with van der Waals surface area (Å²) in [5.74, 6) is 2.89. The molecule has 0 saturated carbocycles. The van der Waals surface area contributed by atoms with Crippen LogP contribution in [0, 0.1) is 12.3 Å². The number of hydrogen-bond donors (Lipinski definition) is 0. The van der Waals surface area contributed by atoms with Crippen LogP contribution < -0.4 is 4.90 Å². The van der Waals surface area contributed by atoms with Crippen LogP contribution in [-0.2, 0) is 11.3 Å². The largest absolute Gasteiger partial charge is 0.465 e. The number of furan rings is 1. The molecule has 2 saturated heterocycles. The van der Waals surface area contributed by atoms with Gasteiger partial charge < -0.3 is 14.1 Å². The van der Waals surface area contributed by atoms with Gasteiger partial charge in [0.2, 0.25) is 5.95 Å². The van der Waals surface area contributed by atoms with Gasteiger partial charge >= 0.3 is 0 Å². The molecule has 1 spiro atoms. The molecule has 0 amide bonds. The second-order valence-electron chi connectivity index (χ2n) is 7.78. The molecule has 4 rings (SSSR count). The molecule has 1 atom stereocenters. The lowest BCUT2D eigenvalue weighted by atomic mass is 9.76. The fourth-order valence-electron chi connectivity index (χ4n) is 4.52. The van der Waals surface area contributed by atoms with E-state index in [4.69, 9.17) is 9.15 Å². The quantitative estimate of drug-likeness (QED) is 0.821. The molecule has 1 unspecified atom stereocenters. The molecular weight excluding hydrogens is 328 g/mol. The Morgan fingerprint density at radius 2 is 2.00 bits per heavy atom. The number of ether oxygens (including phenoxy) is 1. The number of piperidine rings is 1. The second kappa shape index (κ2) is 7.37. The van der Waals surface area contributed by atoms with Gasteiger partial charge in [-0.1, -0.05) is 0 Å². The summed E-state index contributed by atoms with van der Waals surface area (Å²) in [4.78, 5) is 13.8. The summed E-state index contributed by atoms with van der Waals surface area (Å²) in [6.45, 7) is 6.90. The molecule has 2 aromatic heterocycles. The van der Waals surface area contributed by atoms with Gasteiger partial charge in [0.05, 0.1) is 19.2 Å². The van der Waals surface area contributed by atoms with E-state index in [2.05, 4.69) is 25.8 Å². The lowest BCUT2D eigenvalue weighted by Crippen LogP contribution is -2.41.